The molecule has 3 rings (SSSR count). The highest BCUT2D eigenvalue weighted by molar-refractivity contribution is 6.00. The molecule has 1 aliphatic heterocycles. The number of fused-ring (bicyclic) bond motifs is 1. The third kappa shape index (κ3) is 2.80. The fraction of sp³-hybridized carbons (Fsp3) is 0.611. The molecule has 1 atom stereocenters. The highest BCUT2D eigenvalue weighted by Crippen LogP contribution is 2.28. The summed E-state index contributed by atoms with van der Waals surface area (Å²) in [6, 6.07) is 6.49. The van der Waals surface area contributed by atoms with Gasteiger partial charge in [0.15, 0.2) is 5.78 Å². The number of nitrogens with zero attached hydrogens (tertiary/aromatic N) is 1. The highest BCUT2D eigenvalue weighted by atomic mass is 16.1. The van der Waals surface area contributed by atoms with Crippen LogP contribution in [0.5, 0.6) is 0 Å². The molecule has 0 aromatic heterocycles. The zero-order chi connectivity index (χ0) is 13.9. The van der Waals surface area contributed by atoms with Gasteiger partial charge in [0.25, 0.3) is 0 Å². The van der Waals surface area contributed by atoms with Crippen molar-refractivity contribution in [2.24, 2.45) is 5.92 Å². The first-order valence-electron chi connectivity index (χ1n) is 8.16. The minimum Gasteiger partial charge on any atom is -0.303 e. The van der Waals surface area contributed by atoms with Crippen molar-refractivity contribution in [2.75, 3.05) is 19.6 Å². The Kier molecular flexibility index (Phi) is 4.21. The molecule has 1 aromatic carbocycles. The first kappa shape index (κ1) is 13.8. The van der Waals surface area contributed by atoms with E-state index in [-0.39, 0.29) is 5.92 Å². The van der Waals surface area contributed by atoms with Crippen LogP contribution in [-0.4, -0.2) is 30.3 Å². The Bertz CT molecular complexity index is 488. The second-order valence-corrected chi connectivity index (χ2v) is 6.31. The summed E-state index contributed by atoms with van der Waals surface area (Å²) in [6.45, 7) is 5.51. The maximum atomic E-state index is 12.7. The van der Waals surface area contributed by atoms with Crippen molar-refractivity contribution in [3.63, 3.8) is 0 Å². The first-order chi connectivity index (χ1) is 9.78. The molecule has 2 nitrogen and oxygen atoms in total. The molecular weight excluding hydrogens is 246 g/mol. The van der Waals surface area contributed by atoms with Gasteiger partial charge in [-0.2, -0.15) is 0 Å². The van der Waals surface area contributed by atoms with Gasteiger partial charge in [0.1, 0.15) is 0 Å². The Hall–Kier alpha value is -1.15. The number of hydrogen-bond acceptors (Lipinski definition) is 2. The van der Waals surface area contributed by atoms with E-state index in [1.165, 1.54) is 43.5 Å². The van der Waals surface area contributed by atoms with Crippen molar-refractivity contribution in [1.29, 1.82) is 0 Å². The number of Topliss-reactive ketones (excluding diaryl/α,β-unsaturated/α-hetero) is 1. The Morgan fingerprint density at radius 3 is 2.75 bits per heavy atom. The van der Waals surface area contributed by atoms with E-state index in [1.807, 2.05) is 0 Å². The third-order valence-electron chi connectivity index (χ3n) is 4.91. The van der Waals surface area contributed by atoms with E-state index in [4.69, 9.17) is 0 Å². The lowest BCUT2D eigenvalue weighted by atomic mass is 9.81. The molecule has 1 unspecified atom stereocenters. The second-order valence-electron chi connectivity index (χ2n) is 6.31. The van der Waals surface area contributed by atoms with Gasteiger partial charge in [-0.15, -0.1) is 0 Å². The van der Waals surface area contributed by atoms with E-state index in [0.29, 0.717) is 5.78 Å². The van der Waals surface area contributed by atoms with E-state index in [2.05, 4.69) is 30.0 Å². The van der Waals surface area contributed by atoms with Gasteiger partial charge in [0.05, 0.1) is 0 Å². The minimum absolute atomic E-state index is 0.229. The molecule has 1 aliphatic carbocycles. The largest absolute Gasteiger partial charge is 0.303 e. The lowest BCUT2D eigenvalue weighted by molar-refractivity contribution is 0.0845. The molecule has 0 radical (unpaired) electrons. The highest BCUT2D eigenvalue weighted by Gasteiger charge is 2.29. The minimum atomic E-state index is 0.229. The zero-order valence-corrected chi connectivity index (χ0v) is 12.5. The molecule has 0 bridgehead atoms. The van der Waals surface area contributed by atoms with Crippen LogP contribution in [0.2, 0.25) is 0 Å². The monoisotopic (exact) mass is 271 g/mol. The van der Waals surface area contributed by atoms with Gasteiger partial charge in [0, 0.05) is 18.0 Å². The molecule has 1 saturated heterocycles. The van der Waals surface area contributed by atoms with Crippen molar-refractivity contribution >= 4 is 5.78 Å². The molecule has 0 spiro atoms. The fourth-order valence-electron chi connectivity index (χ4n) is 3.60. The van der Waals surface area contributed by atoms with Crippen molar-refractivity contribution in [3.05, 3.63) is 34.9 Å². The number of ketones is 1. The summed E-state index contributed by atoms with van der Waals surface area (Å²) in [4.78, 5) is 15.2. The Balaban J connectivity index is 1.74. The second kappa shape index (κ2) is 6.09. The summed E-state index contributed by atoms with van der Waals surface area (Å²) in [7, 11) is 0. The van der Waals surface area contributed by atoms with Gasteiger partial charge < -0.3 is 4.90 Å². The summed E-state index contributed by atoms with van der Waals surface area (Å²) < 4.78 is 0. The van der Waals surface area contributed by atoms with Crippen LogP contribution in [0.3, 0.4) is 0 Å². The normalized spacial score (nSPS) is 23.6. The van der Waals surface area contributed by atoms with Gasteiger partial charge in [-0.1, -0.05) is 25.5 Å². The number of piperidine rings is 1. The molecule has 20 heavy (non-hydrogen) atoms. The van der Waals surface area contributed by atoms with Crippen molar-refractivity contribution < 1.29 is 4.79 Å². The lowest BCUT2D eigenvalue weighted by Crippen LogP contribution is -2.38. The topological polar surface area (TPSA) is 20.3 Å². The maximum absolute atomic E-state index is 12.7. The quantitative estimate of drug-likeness (QED) is 0.839. The van der Waals surface area contributed by atoms with Gasteiger partial charge in [-0.05, 0) is 62.4 Å². The van der Waals surface area contributed by atoms with Crippen LogP contribution in [0.25, 0.3) is 0 Å². The molecule has 1 fully saturated rings. The van der Waals surface area contributed by atoms with Gasteiger partial charge in [-0.3, -0.25) is 4.79 Å². The smallest absolute Gasteiger partial charge is 0.167 e. The number of carbonyl (C=O) groups is 1. The van der Waals surface area contributed by atoms with E-state index in [1.54, 1.807) is 0 Å². The van der Waals surface area contributed by atoms with E-state index in [9.17, 15) is 4.79 Å². The van der Waals surface area contributed by atoms with Crippen LogP contribution in [-0.2, 0) is 12.8 Å². The number of benzene rings is 1. The summed E-state index contributed by atoms with van der Waals surface area (Å²) in [6.07, 6.45) is 7.08. The molecule has 2 aliphatic rings. The van der Waals surface area contributed by atoms with Crippen LogP contribution < -0.4 is 0 Å². The van der Waals surface area contributed by atoms with E-state index < -0.39 is 0 Å². The number of aryl methyl sites for hydroxylation is 2. The third-order valence-corrected chi connectivity index (χ3v) is 4.91. The van der Waals surface area contributed by atoms with Crippen LogP contribution in [0.1, 0.15) is 54.1 Å². The maximum Gasteiger partial charge on any atom is 0.167 e. The number of likely N-dealkylation sites (tertiary alicyclic amines) is 1. The van der Waals surface area contributed by atoms with Crippen LogP contribution >= 0.6 is 0 Å². The van der Waals surface area contributed by atoms with E-state index in [0.717, 1.165) is 31.4 Å². The number of hydrogen-bond donors (Lipinski definition) is 0. The fourth-order valence-corrected chi connectivity index (χ4v) is 3.60. The molecular formula is C18H25NO. The van der Waals surface area contributed by atoms with Gasteiger partial charge in [0.2, 0.25) is 0 Å². The standard InChI is InChI=1S/C18H25NO/c1-2-14-6-7-15-8-9-16(18(20)17(15)12-14)13-19-10-4-3-5-11-19/h6-7,12,16H,2-5,8-11,13H2,1H3. The number of carbonyl (C=O) groups excluding carboxylic acids is 1. The SMILES string of the molecule is CCc1ccc2c(c1)C(=O)C(CN1CCCCC1)CC2. The Morgan fingerprint density at radius 2 is 2.00 bits per heavy atom. The van der Waals surface area contributed by atoms with Crippen molar-refractivity contribution in [2.45, 2.75) is 45.4 Å². The predicted octanol–water partition coefficient (Wildman–Crippen LogP) is 3.48. The van der Waals surface area contributed by atoms with Crippen molar-refractivity contribution in [3.8, 4) is 0 Å². The summed E-state index contributed by atoms with van der Waals surface area (Å²) in [5.74, 6) is 0.625. The Labute approximate surface area is 122 Å². The first-order valence-corrected chi connectivity index (χ1v) is 8.16. The molecule has 2 heteroatoms. The summed E-state index contributed by atoms with van der Waals surface area (Å²) in [5.41, 5.74) is 3.57. The van der Waals surface area contributed by atoms with Gasteiger partial charge >= 0.3 is 0 Å². The predicted molar refractivity (Wildman–Crippen MR) is 82.3 cm³/mol. The van der Waals surface area contributed by atoms with Crippen LogP contribution in [0, 0.1) is 5.92 Å². The molecule has 0 N–H and O–H groups in total. The average molecular weight is 271 g/mol. The number of rotatable bonds is 3. The molecule has 0 amide bonds. The average Bonchev–Trinajstić information content (AvgIpc) is 2.51. The van der Waals surface area contributed by atoms with Gasteiger partial charge in [-0.25, -0.2) is 0 Å². The van der Waals surface area contributed by atoms with Crippen LogP contribution in [0.15, 0.2) is 18.2 Å². The van der Waals surface area contributed by atoms with E-state index >= 15 is 0 Å². The molecule has 1 aromatic rings. The van der Waals surface area contributed by atoms with Crippen molar-refractivity contribution in [1.82, 2.24) is 4.90 Å². The summed E-state index contributed by atoms with van der Waals surface area (Å²) in [5, 5.41) is 0. The summed E-state index contributed by atoms with van der Waals surface area (Å²) >= 11 is 0. The van der Waals surface area contributed by atoms with Crippen LogP contribution in [0.4, 0.5) is 0 Å². The molecule has 108 valence electrons. The molecule has 0 saturated carbocycles. The zero-order valence-electron chi connectivity index (χ0n) is 12.5. The lowest BCUT2D eigenvalue weighted by Gasteiger charge is -2.32. The molecule has 1 heterocycles. The Morgan fingerprint density at radius 1 is 1.20 bits per heavy atom.